The normalized spacial score (nSPS) is 8.50. The number of benzene rings is 1. The van der Waals surface area contributed by atoms with Gasteiger partial charge in [0.15, 0.2) is 0 Å². The van der Waals surface area contributed by atoms with E-state index in [4.69, 9.17) is 11.6 Å². The van der Waals surface area contributed by atoms with Crippen molar-refractivity contribution in [2.75, 3.05) is 12.0 Å². The second-order valence-corrected chi connectivity index (χ2v) is 2.23. The summed E-state index contributed by atoms with van der Waals surface area (Å²) in [4.78, 5) is 0. The summed E-state index contributed by atoms with van der Waals surface area (Å²) in [7, 11) is 0. The summed E-state index contributed by atoms with van der Waals surface area (Å²) >= 11 is 0. The zero-order valence-electron chi connectivity index (χ0n) is 6.67. The van der Waals surface area contributed by atoms with Gasteiger partial charge in [-0.25, -0.2) is 0 Å². The predicted octanol–water partition coefficient (Wildman–Crippen LogP) is 0.282. The van der Waals surface area contributed by atoms with Gasteiger partial charge in [0.2, 0.25) is 0 Å². The fourth-order valence-corrected chi connectivity index (χ4v) is 0.840. The SMILES string of the molecule is NCC#Cc1cccc(NN)c1. The Bertz CT molecular complexity index is 309. The summed E-state index contributed by atoms with van der Waals surface area (Å²) in [5.74, 6) is 10.9. The molecular weight excluding hydrogens is 150 g/mol. The van der Waals surface area contributed by atoms with Gasteiger partial charge in [-0.3, -0.25) is 5.84 Å². The van der Waals surface area contributed by atoms with Crippen LogP contribution in [0.3, 0.4) is 0 Å². The lowest BCUT2D eigenvalue weighted by Crippen LogP contribution is -2.06. The molecule has 0 fully saturated rings. The molecule has 0 aliphatic carbocycles. The van der Waals surface area contributed by atoms with Gasteiger partial charge in [-0.15, -0.1) is 0 Å². The molecule has 0 spiro atoms. The van der Waals surface area contributed by atoms with Crippen molar-refractivity contribution >= 4 is 5.69 Å². The van der Waals surface area contributed by atoms with Gasteiger partial charge in [-0.05, 0) is 18.2 Å². The Kier molecular flexibility index (Phi) is 3.15. The molecule has 12 heavy (non-hydrogen) atoms. The topological polar surface area (TPSA) is 64.1 Å². The molecule has 3 heteroatoms. The Morgan fingerprint density at radius 1 is 1.42 bits per heavy atom. The number of hydrazine groups is 1. The third kappa shape index (κ3) is 2.27. The van der Waals surface area contributed by atoms with Gasteiger partial charge >= 0.3 is 0 Å². The molecule has 3 nitrogen and oxygen atoms in total. The van der Waals surface area contributed by atoms with Crippen molar-refractivity contribution in [2.24, 2.45) is 11.6 Å². The van der Waals surface area contributed by atoms with E-state index in [2.05, 4.69) is 17.3 Å². The second-order valence-electron chi connectivity index (χ2n) is 2.23. The van der Waals surface area contributed by atoms with E-state index in [1.165, 1.54) is 0 Å². The van der Waals surface area contributed by atoms with Crippen LogP contribution in [0.1, 0.15) is 5.56 Å². The zero-order valence-corrected chi connectivity index (χ0v) is 6.67. The minimum absolute atomic E-state index is 0.375. The predicted molar refractivity (Wildman–Crippen MR) is 50.2 cm³/mol. The van der Waals surface area contributed by atoms with Crippen LogP contribution in [-0.2, 0) is 0 Å². The molecule has 0 atom stereocenters. The van der Waals surface area contributed by atoms with Crippen LogP contribution in [0.15, 0.2) is 24.3 Å². The number of rotatable bonds is 1. The van der Waals surface area contributed by atoms with E-state index in [0.29, 0.717) is 6.54 Å². The van der Waals surface area contributed by atoms with Gasteiger partial charge in [-0.2, -0.15) is 0 Å². The molecule has 1 aromatic rings. The molecule has 0 saturated heterocycles. The van der Waals surface area contributed by atoms with Crippen molar-refractivity contribution < 1.29 is 0 Å². The number of nitrogens with one attached hydrogen (secondary N) is 1. The molecule has 0 bridgehead atoms. The number of anilines is 1. The van der Waals surface area contributed by atoms with E-state index in [1.807, 2.05) is 24.3 Å². The first-order chi connectivity index (χ1) is 5.86. The molecule has 62 valence electrons. The van der Waals surface area contributed by atoms with E-state index in [9.17, 15) is 0 Å². The van der Waals surface area contributed by atoms with Gasteiger partial charge in [0.1, 0.15) is 0 Å². The zero-order chi connectivity index (χ0) is 8.81. The van der Waals surface area contributed by atoms with Crippen molar-refractivity contribution in [3.05, 3.63) is 29.8 Å². The maximum absolute atomic E-state index is 5.23. The summed E-state index contributed by atoms with van der Waals surface area (Å²) < 4.78 is 0. The minimum atomic E-state index is 0.375. The maximum Gasteiger partial charge on any atom is 0.0555 e. The second kappa shape index (κ2) is 4.39. The Morgan fingerprint density at radius 3 is 2.92 bits per heavy atom. The van der Waals surface area contributed by atoms with Crippen molar-refractivity contribution in [2.45, 2.75) is 0 Å². The van der Waals surface area contributed by atoms with Crippen molar-refractivity contribution in [3.8, 4) is 11.8 Å². The molecule has 0 unspecified atom stereocenters. The van der Waals surface area contributed by atoms with Gasteiger partial charge in [0, 0.05) is 11.3 Å². The van der Waals surface area contributed by atoms with Crippen molar-refractivity contribution in [1.29, 1.82) is 0 Å². The highest BCUT2D eigenvalue weighted by Crippen LogP contribution is 2.07. The first-order valence-electron chi connectivity index (χ1n) is 3.62. The molecule has 0 aliphatic rings. The highest BCUT2D eigenvalue weighted by molar-refractivity contribution is 5.49. The van der Waals surface area contributed by atoms with Crippen LogP contribution in [0, 0.1) is 11.8 Å². The van der Waals surface area contributed by atoms with Gasteiger partial charge in [0.25, 0.3) is 0 Å². The quantitative estimate of drug-likeness (QED) is 0.315. The lowest BCUT2D eigenvalue weighted by molar-refractivity contribution is 1.30. The molecule has 0 amide bonds. The highest BCUT2D eigenvalue weighted by atomic mass is 15.2. The van der Waals surface area contributed by atoms with Gasteiger partial charge in [0.05, 0.1) is 6.54 Å². The first-order valence-corrected chi connectivity index (χ1v) is 3.62. The van der Waals surface area contributed by atoms with E-state index >= 15 is 0 Å². The highest BCUT2D eigenvalue weighted by Gasteiger charge is 1.88. The van der Waals surface area contributed by atoms with Crippen LogP contribution in [0.4, 0.5) is 5.69 Å². The third-order valence-electron chi connectivity index (χ3n) is 1.36. The van der Waals surface area contributed by atoms with E-state index in [0.717, 1.165) is 11.3 Å². The molecule has 5 N–H and O–H groups in total. The van der Waals surface area contributed by atoms with Gasteiger partial charge in [-0.1, -0.05) is 17.9 Å². The molecule has 0 saturated carbocycles. The first kappa shape index (κ1) is 8.60. The molecule has 0 heterocycles. The third-order valence-corrected chi connectivity index (χ3v) is 1.36. The lowest BCUT2D eigenvalue weighted by atomic mass is 10.2. The average Bonchev–Trinajstić information content (AvgIpc) is 2.15. The van der Waals surface area contributed by atoms with Crippen LogP contribution < -0.4 is 17.0 Å². The summed E-state index contributed by atoms with van der Waals surface area (Å²) in [6.07, 6.45) is 0. The van der Waals surface area contributed by atoms with Crippen LogP contribution in [0.2, 0.25) is 0 Å². The Hall–Kier alpha value is -1.50. The van der Waals surface area contributed by atoms with E-state index in [1.54, 1.807) is 0 Å². The van der Waals surface area contributed by atoms with E-state index in [-0.39, 0.29) is 0 Å². The van der Waals surface area contributed by atoms with Crippen LogP contribution in [0.5, 0.6) is 0 Å². The van der Waals surface area contributed by atoms with Crippen LogP contribution >= 0.6 is 0 Å². The number of hydrogen-bond donors (Lipinski definition) is 3. The molecule has 1 aromatic carbocycles. The van der Waals surface area contributed by atoms with E-state index < -0.39 is 0 Å². The molecule has 0 aromatic heterocycles. The standard InChI is InChI=1S/C9H11N3/c10-6-2-4-8-3-1-5-9(7-8)12-11/h1,3,5,7,12H,6,10-11H2. The monoisotopic (exact) mass is 161 g/mol. The maximum atomic E-state index is 5.23. The summed E-state index contributed by atoms with van der Waals surface area (Å²) in [5.41, 5.74) is 9.54. The van der Waals surface area contributed by atoms with Crippen molar-refractivity contribution in [1.82, 2.24) is 0 Å². The summed E-state index contributed by atoms with van der Waals surface area (Å²) in [6.45, 7) is 0.375. The van der Waals surface area contributed by atoms with Crippen molar-refractivity contribution in [3.63, 3.8) is 0 Å². The van der Waals surface area contributed by atoms with Crippen LogP contribution in [0.25, 0.3) is 0 Å². The number of nitrogen functional groups attached to an aromatic ring is 1. The molecular formula is C9H11N3. The Labute approximate surface area is 71.7 Å². The fraction of sp³-hybridized carbons (Fsp3) is 0.111. The fourth-order valence-electron chi connectivity index (χ4n) is 0.840. The molecule has 1 rings (SSSR count). The smallest absolute Gasteiger partial charge is 0.0555 e. The van der Waals surface area contributed by atoms with Gasteiger partial charge < -0.3 is 11.2 Å². The Balaban J connectivity index is 2.86. The summed E-state index contributed by atoms with van der Waals surface area (Å²) in [5, 5.41) is 0. The number of hydrogen-bond acceptors (Lipinski definition) is 3. The minimum Gasteiger partial charge on any atom is -0.324 e. The lowest BCUT2D eigenvalue weighted by Gasteiger charge is -1.98. The Morgan fingerprint density at radius 2 is 2.25 bits per heavy atom. The number of nitrogens with two attached hydrogens (primary N) is 2. The molecule has 0 radical (unpaired) electrons. The molecule has 0 aliphatic heterocycles. The van der Waals surface area contributed by atoms with Crippen LogP contribution in [-0.4, -0.2) is 6.54 Å². The average molecular weight is 161 g/mol. The summed E-state index contributed by atoms with van der Waals surface area (Å²) in [6, 6.07) is 7.52. The largest absolute Gasteiger partial charge is 0.324 e.